The first-order valence-corrected chi connectivity index (χ1v) is 6.88. The highest BCUT2D eigenvalue weighted by Crippen LogP contribution is 2.18. The Morgan fingerprint density at radius 3 is 2.74 bits per heavy atom. The molecule has 1 amide bonds. The van der Waals surface area contributed by atoms with Crippen molar-refractivity contribution in [3.63, 3.8) is 0 Å². The molecule has 1 saturated heterocycles. The highest BCUT2D eigenvalue weighted by Gasteiger charge is 2.29. The summed E-state index contributed by atoms with van der Waals surface area (Å²) in [5, 5.41) is 11.4. The number of aliphatic carboxylic acids is 1. The van der Waals surface area contributed by atoms with Crippen molar-refractivity contribution < 1.29 is 19.4 Å². The molecule has 3 atom stereocenters. The van der Waals surface area contributed by atoms with E-state index in [1.54, 1.807) is 0 Å². The molecular formula is C13H24N2O4. The summed E-state index contributed by atoms with van der Waals surface area (Å²) in [5.41, 5.74) is 5.49. The molecule has 1 fully saturated rings. The zero-order chi connectivity index (χ0) is 14.3. The Hall–Kier alpha value is -1.14. The summed E-state index contributed by atoms with van der Waals surface area (Å²) in [7, 11) is 0. The van der Waals surface area contributed by atoms with Gasteiger partial charge >= 0.3 is 5.97 Å². The van der Waals surface area contributed by atoms with Gasteiger partial charge in [0.05, 0.1) is 6.10 Å². The smallest absolute Gasteiger partial charge is 0.303 e. The average molecular weight is 272 g/mol. The number of carbonyl (C=O) groups excluding carboxylic acids is 1. The molecule has 6 nitrogen and oxygen atoms in total. The number of carboxylic acid groups (broad SMARTS) is 1. The van der Waals surface area contributed by atoms with Crippen LogP contribution in [0.4, 0.5) is 0 Å². The molecule has 0 radical (unpaired) electrons. The van der Waals surface area contributed by atoms with Crippen LogP contribution in [0.25, 0.3) is 0 Å². The minimum Gasteiger partial charge on any atom is -0.481 e. The van der Waals surface area contributed by atoms with Crippen molar-refractivity contribution in [2.45, 2.75) is 51.2 Å². The molecule has 4 N–H and O–H groups in total. The van der Waals surface area contributed by atoms with Crippen LogP contribution < -0.4 is 11.1 Å². The van der Waals surface area contributed by atoms with Crippen LogP contribution in [0.5, 0.6) is 0 Å². The fraction of sp³-hybridized carbons (Fsp3) is 0.846. The lowest BCUT2D eigenvalue weighted by Gasteiger charge is -2.14. The van der Waals surface area contributed by atoms with Gasteiger partial charge in [0.1, 0.15) is 6.10 Å². The molecule has 0 aromatic carbocycles. The molecule has 1 rings (SSSR count). The number of nitrogens with two attached hydrogens (primary N) is 1. The van der Waals surface area contributed by atoms with Crippen molar-refractivity contribution in [3.05, 3.63) is 0 Å². The van der Waals surface area contributed by atoms with Crippen LogP contribution in [0.15, 0.2) is 0 Å². The topological polar surface area (TPSA) is 102 Å². The van der Waals surface area contributed by atoms with Gasteiger partial charge in [0.25, 0.3) is 0 Å². The van der Waals surface area contributed by atoms with Crippen molar-refractivity contribution in [3.8, 4) is 0 Å². The number of carbonyl (C=O) groups is 2. The third kappa shape index (κ3) is 6.02. The van der Waals surface area contributed by atoms with Crippen LogP contribution in [0.1, 0.15) is 39.0 Å². The predicted octanol–water partition coefficient (Wildman–Crippen LogP) is 0.500. The van der Waals surface area contributed by atoms with Gasteiger partial charge in [-0.2, -0.15) is 0 Å². The number of amides is 1. The largest absolute Gasteiger partial charge is 0.481 e. The van der Waals surface area contributed by atoms with Crippen molar-refractivity contribution in [2.24, 2.45) is 11.7 Å². The molecule has 110 valence electrons. The van der Waals surface area contributed by atoms with Gasteiger partial charge < -0.3 is 20.9 Å². The van der Waals surface area contributed by atoms with Gasteiger partial charge in [-0.05, 0) is 31.6 Å². The Labute approximate surface area is 113 Å². The Kier molecular flexibility index (Phi) is 6.80. The molecule has 0 bridgehead atoms. The van der Waals surface area contributed by atoms with E-state index >= 15 is 0 Å². The Morgan fingerprint density at radius 1 is 1.42 bits per heavy atom. The van der Waals surface area contributed by atoms with Gasteiger partial charge in [-0.1, -0.05) is 6.92 Å². The molecule has 0 aromatic rings. The number of ether oxygens (including phenoxy) is 1. The molecule has 0 saturated carbocycles. The lowest BCUT2D eigenvalue weighted by atomic mass is 10.0. The fourth-order valence-corrected chi connectivity index (χ4v) is 2.14. The van der Waals surface area contributed by atoms with Crippen molar-refractivity contribution in [2.75, 3.05) is 13.1 Å². The number of hydrogen-bond donors (Lipinski definition) is 3. The summed E-state index contributed by atoms with van der Waals surface area (Å²) in [4.78, 5) is 22.2. The Balaban J connectivity index is 2.12. The zero-order valence-electron chi connectivity index (χ0n) is 11.4. The predicted molar refractivity (Wildman–Crippen MR) is 70.6 cm³/mol. The van der Waals surface area contributed by atoms with Gasteiger partial charge in [0, 0.05) is 19.5 Å². The highest BCUT2D eigenvalue weighted by atomic mass is 16.5. The highest BCUT2D eigenvalue weighted by molar-refractivity contribution is 5.80. The van der Waals surface area contributed by atoms with Crippen LogP contribution >= 0.6 is 0 Å². The molecule has 0 aromatic heterocycles. The second kappa shape index (κ2) is 8.12. The van der Waals surface area contributed by atoms with Crippen molar-refractivity contribution in [1.29, 1.82) is 0 Å². The molecule has 19 heavy (non-hydrogen) atoms. The lowest BCUT2D eigenvalue weighted by Crippen LogP contribution is -2.36. The van der Waals surface area contributed by atoms with E-state index in [1.165, 1.54) is 0 Å². The molecule has 0 spiro atoms. The van der Waals surface area contributed by atoms with Gasteiger partial charge in [0.2, 0.25) is 5.91 Å². The maximum Gasteiger partial charge on any atom is 0.303 e. The molecule has 0 aliphatic carbocycles. The maximum absolute atomic E-state index is 11.8. The van der Waals surface area contributed by atoms with E-state index in [4.69, 9.17) is 15.6 Å². The summed E-state index contributed by atoms with van der Waals surface area (Å²) < 4.78 is 5.49. The quantitative estimate of drug-likeness (QED) is 0.597. The molecule has 1 aliphatic rings. The van der Waals surface area contributed by atoms with Crippen molar-refractivity contribution in [1.82, 2.24) is 5.32 Å². The Bertz CT molecular complexity index is 309. The monoisotopic (exact) mass is 272 g/mol. The number of hydrogen-bond acceptors (Lipinski definition) is 4. The first-order valence-electron chi connectivity index (χ1n) is 6.88. The van der Waals surface area contributed by atoms with Crippen molar-refractivity contribution >= 4 is 11.9 Å². The molecule has 1 aliphatic heterocycles. The van der Waals surface area contributed by atoms with Gasteiger partial charge in [-0.15, -0.1) is 0 Å². The van der Waals surface area contributed by atoms with Crippen LogP contribution in [-0.2, 0) is 14.3 Å². The van der Waals surface area contributed by atoms with Crippen LogP contribution in [0, 0.1) is 5.92 Å². The summed E-state index contributed by atoms with van der Waals surface area (Å²) >= 11 is 0. The van der Waals surface area contributed by atoms with E-state index in [1.807, 2.05) is 6.92 Å². The van der Waals surface area contributed by atoms with E-state index in [0.717, 1.165) is 19.3 Å². The zero-order valence-corrected chi connectivity index (χ0v) is 11.4. The van der Waals surface area contributed by atoms with Crippen LogP contribution in [-0.4, -0.2) is 42.3 Å². The second-order valence-corrected chi connectivity index (χ2v) is 5.18. The third-order valence-corrected chi connectivity index (χ3v) is 3.45. The standard InChI is InChI=1S/C13H24N2O4/c1-9(2-5-12(16)17)6-7-15-13(18)11-4-3-10(8-14)19-11/h9-11H,2-8,14H2,1H3,(H,15,18)(H,16,17). The minimum atomic E-state index is -0.775. The van der Waals surface area contributed by atoms with E-state index < -0.39 is 5.97 Å². The minimum absolute atomic E-state index is 0.00485. The summed E-state index contributed by atoms with van der Waals surface area (Å²) in [6, 6.07) is 0. The first kappa shape index (κ1) is 15.9. The summed E-state index contributed by atoms with van der Waals surface area (Å²) in [6.07, 6.45) is 2.80. The van der Waals surface area contributed by atoms with E-state index in [0.29, 0.717) is 19.5 Å². The summed E-state index contributed by atoms with van der Waals surface area (Å²) in [5.74, 6) is -0.567. The Morgan fingerprint density at radius 2 is 2.16 bits per heavy atom. The normalized spacial score (nSPS) is 24.1. The third-order valence-electron chi connectivity index (χ3n) is 3.45. The SMILES string of the molecule is CC(CCNC(=O)C1CCC(CN)O1)CCC(=O)O. The second-order valence-electron chi connectivity index (χ2n) is 5.18. The van der Waals surface area contributed by atoms with Gasteiger partial charge in [-0.3, -0.25) is 9.59 Å². The molecule has 1 heterocycles. The number of carboxylic acids is 1. The molecule has 6 heteroatoms. The van der Waals surface area contributed by atoms with Crippen LogP contribution in [0.3, 0.4) is 0 Å². The summed E-state index contributed by atoms with van der Waals surface area (Å²) in [6.45, 7) is 3.01. The van der Waals surface area contributed by atoms with E-state index in [2.05, 4.69) is 5.32 Å². The molecular weight excluding hydrogens is 248 g/mol. The first-order chi connectivity index (χ1) is 9.02. The van der Waals surface area contributed by atoms with Gasteiger partial charge in [0.15, 0.2) is 0 Å². The van der Waals surface area contributed by atoms with Gasteiger partial charge in [-0.25, -0.2) is 0 Å². The average Bonchev–Trinajstić information content (AvgIpc) is 2.85. The number of nitrogens with one attached hydrogen (secondary N) is 1. The fourth-order valence-electron chi connectivity index (χ4n) is 2.14. The lowest BCUT2D eigenvalue weighted by molar-refractivity contribution is -0.137. The maximum atomic E-state index is 11.8. The van der Waals surface area contributed by atoms with Crippen LogP contribution in [0.2, 0.25) is 0 Å². The van der Waals surface area contributed by atoms with E-state index in [-0.39, 0.29) is 30.5 Å². The van der Waals surface area contributed by atoms with E-state index in [9.17, 15) is 9.59 Å². The molecule has 3 unspecified atom stereocenters. The number of rotatable bonds is 8.